The van der Waals surface area contributed by atoms with Crippen molar-refractivity contribution in [2.75, 3.05) is 12.4 Å². The van der Waals surface area contributed by atoms with Gasteiger partial charge in [-0.15, -0.1) is 0 Å². The fraction of sp³-hybridized carbons (Fsp3) is 0.333. The van der Waals surface area contributed by atoms with E-state index in [2.05, 4.69) is 37.4 Å². The predicted molar refractivity (Wildman–Crippen MR) is 85.6 cm³/mol. The summed E-state index contributed by atoms with van der Waals surface area (Å²) in [5.74, 6) is 0.773. The summed E-state index contributed by atoms with van der Waals surface area (Å²) in [6.07, 6.45) is 1.91. The van der Waals surface area contributed by atoms with Gasteiger partial charge in [-0.05, 0) is 41.5 Å². The first-order valence-electron chi connectivity index (χ1n) is 7.23. The zero-order valence-corrected chi connectivity index (χ0v) is 12.5. The maximum atomic E-state index is 10.2. The van der Waals surface area contributed by atoms with E-state index in [1.54, 1.807) is 0 Å². The van der Waals surface area contributed by atoms with Crippen LogP contribution < -0.4 is 5.32 Å². The molecule has 20 heavy (non-hydrogen) atoms. The van der Waals surface area contributed by atoms with E-state index < -0.39 is 0 Å². The monoisotopic (exact) mass is 269 g/mol. The second-order valence-corrected chi connectivity index (χ2v) is 5.30. The molecule has 2 rings (SSSR count). The van der Waals surface area contributed by atoms with Gasteiger partial charge in [0.25, 0.3) is 0 Å². The molecule has 0 aliphatic heterocycles. The van der Waals surface area contributed by atoms with E-state index in [9.17, 15) is 5.11 Å². The highest BCUT2D eigenvalue weighted by Gasteiger charge is 2.14. The molecule has 0 saturated heterocycles. The average Bonchev–Trinajstić information content (AvgIpc) is 2.47. The molecule has 0 heterocycles. The minimum Gasteiger partial charge on any atom is -0.506 e. The molecule has 2 aromatic carbocycles. The first kappa shape index (κ1) is 14.4. The molecule has 0 amide bonds. The van der Waals surface area contributed by atoms with Gasteiger partial charge in [-0.3, -0.25) is 0 Å². The molecule has 0 fully saturated rings. The van der Waals surface area contributed by atoms with Crippen LogP contribution in [0.1, 0.15) is 42.9 Å². The topological polar surface area (TPSA) is 32.3 Å². The van der Waals surface area contributed by atoms with E-state index in [0.717, 1.165) is 24.1 Å². The third-order valence-electron chi connectivity index (χ3n) is 3.85. The van der Waals surface area contributed by atoms with E-state index in [-0.39, 0.29) is 0 Å². The molecule has 2 heteroatoms. The highest BCUT2D eigenvalue weighted by molar-refractivity contribution is 5.64. The van der Waals surface area contributed by atoms with Gasteiger partial charge in [0.15, 0.2) is 0 Å². The van der Waals surface area contributed by atoms with Crippen molar-refractivity contribution in [3.05, 3.63) is 59.2 Å². The third-order valence-corrected chi connectivity index (χ3v) is 3.85. The van der Waals surface area contributed by atoms with Gasteiger partial charge in [0.1, 0.15) is 5.75 Å². The molecule has 2 N–H and O–H groups in total. The van der Waals surface area contributed by atoms with Gasteiger partial charge in [0, 0.05) is 7.05 Å². The molecule has 106 valence electrons. The van der Waals surface area contributed by atoms with Crippen LogP contribution in [0.2, 0.25) is 0 Å². The molecule has 0 spiro atoms. The fourth-order valence-corrected chi connectivity index (χ4v) is 2.52. The number of phenols is 1. The lowest BCUT2D eigenvalue weighted by atomic mass is 9.92. The Hall–Kier alpha value is -1.96. The van der Waals surface area contributed by atoms with Gasteiger partial charge >= 0.3 is 0 Å². The molecular formula is C18H23NO. The van der Waals surface area contributed by atoms with E-state index in [1.165, 1.54) is 11.1 Å². The summed E-state index contributed by atoms with van der Waals surface area (Å²) in [5.41, 5.74) is 4.47. The standard InChI is InChI=1S/C18H23NO/c1-4-13(2)16-11-15(12-17(20)18(16)19-3)10-14-8-6-5-7-9-14/h5-9,11-13,19-20H,4,10H2,1-3H3. The maximum Gasteiger partial charge on any atom is 0.139 e. The van der Waals surface area contributed by atoms with Crippen LogP contribution >= 0.6 is 0 Å². The Bertz CT molecular complexity index is 563. The molecule has 0 aromatic heterocycles. The van der Waals surface area contributed by atoms with Crippen LogP contribution in [0.15, 0.2) is 42.5 Å². The van der Waals surface area contributed by atoms with Gasteiger partial charge in [0.2, 0.25) is 0 Å². The summed E-state index contributed by atoms with van der Waals surface area (Å²) in [6, 6.07) is 14.4. The SMILES string of the molecule is CCC(C)c1cc(Cc2ccccc2)cc(O)c1NC. The van der Waals surface area contributed by atoms with Gasteiger partial charge < -0.3 is 10.4 Å². The van der Waals surface area contributed by atoms with Crippen molar-refractivity contribution in [3.8, 4) is 5.75 Å². The summed E-state index contributed by atoms with van der Waals surface area (Å²) >= 11 is 0. The van der Waals surface area contributed by atoms with E-state index >= 15 is 0 Å². The lowest BCUT2D eigenvalue weighted by Crippen LogP contribution is -2.02. The number of benzene rings is 2. The molecule has 0 bridgehead atoms. The van der Waals surface area contributed by atoms with Crippen molar-refractivity contribution in [2.24, 2.45) is 0 Å². The molecule has 1 atom stereocenters. The molecule has 0 aliphatic rings. The van der Waals surface area contributed by atoms with Crippen molar-refractivity contribution >= 4 is 5.69 Å². The van der Waals surface area contributed by atoms with Crippen molar-refractivity contribution in [1.82, 2.24) is 0 Å². The van der Waals surface area contributed by atoms with Gasteiger partial charge in [0.05, 0.1) is 5.69 Å². The first-order chi connectivity index (χ1) is 9.65. The van der Waals surface area contributed by atoms with Crippen LogP contribution in [-0.4, -0.2) is 12.2 Å². The average molecular weight is 269 g/mol. The number of rotatable bonds is 5. The summed E-state index contributed by atoms with van der Waals surface area (Å²) in [6.45, 7) is 4.37. The third kappa shape index (κ3) is 3.13. The van der Waals surface area contributed by atoms with Crippen molar-refractivity contribution in [1.29, 1.82) is 0 Å². The van der Waals surface area contributed by atoms with Gasteiger partial charge in [-0.2, -0.15) is 0 Å². The van der Waals surface area contributed by atoms with Crippen LogP contribution in [0.4, 0.5) is 5.69 Å². The van der Waals surface area contributed by atoms with Crippen LogP contribution in [0, 0.1) is 0 Å². The molecule has 2 nitrogen and oxygen atoms in total. The van der Waals surface area contributed by atoms with Crippen LogP contribution in [0.25, 0.3) is 0 Å². The van der Waals surface area contributed by atoms with Gasteiger partial charge in [-0.1, -0.05) is 50.2 Å². The lowest BCUT2D eigenvalue weighted by molar-refractivity contribution is 0.475. The van der Waals surface area contributed by atoms with Crippen molar-refractivity contribution in [3.63, 3.8) is 0 Å². The molecule has 1 unspecified atom stereocenters. The van der Waals surface area contributed by atoms with E-state index in [0.29, 0.717) is 11.7 Å². The zero-order valence-electron chi connectivity index (χ0n) is 12.5. The Balaban J connectivity index is 2.38. The van der Waals surface area contributed by atoms with Crippen LogP contribution in [0.3, 0.4) is 0 Å². The molecular weight excluding hydrogens is 246 g/mol. The number of aromatic hydroxyl groups is 1. The summed E-state index contributed by atoms with van der Waals surface area (Å²) in [7, 11) is 1.86. The first-order valence-corrected chi connectivity index (χ1v) is 7.23. The molecule has 0 saturated carbocycles. The van der Waals surface area contributed by atoms with E-state index in [4.69, 9.17) is 0 Å². The van der Waals surface area contributed by atoms with Crippen LogP contribution in [0.5, 0.6) is 5.75 Å². The lowest BCUT2D eigenvalue weighted by Gasteiger charge is -2.18. The smallest absolute Gasteiger partial charge is 0.139 e. The second-order valence-electron chi connectivity index (χ2n) is 5.30. The Morgan fingerprint density at radius 1 is 1.10 bits per heavy atom. The quantitative estimate of drug-likeness (QED) is 0.781. The highest BCUT2D eigenvalue weighted by atomic mass is 16.3. The molecule has 2 aromatic rings. The Morgan fingerprint density at radius 3 is 2.40 bits per heavy atom. The number of nitrogens with one attached hydrogen (secondary N) is 1. The van der Waals surface area contributed by atoms with Crippen LogP contribution in [-0.2, 0) is 6.42 Å². The van der Waals surface area contributed by atoms with E-state index in [1.807, 2.05) is 31.3 Å². The minimum atomic E-state index is 0.344. The Kier molecular flexibility index (Phi) is 4.67. The maximum absolute atomic E-state index is 10.2. The second kappa shape index (κ2) is 6.47. The summed E-state index contributed by atoms with van der Waals surface area (Å²) in [4.78, 5) is 0. The normalized spacial score (nSPS) is 12.2. The number of hydrogen-bond donors (Lipinski definition) is 2. The Labute approximate surface area is 121 Å². The molecule has 0 aliphatic carbocycles. The predicted octanol–water partition coefficient (Wildman–Crippen LogP) is 4.54. The largest absolute Gasteiger partial charge is 0.506 e. The number of hydrogen-bond acceptors (Lipinski definition) is 2. The summed E-state index contributed by atoms with van der Waals surface area (Å²) < 4.78 is 0. The van der Waals surface area contributed by atoms with Gasteiger partial charge in [-0.25, -0.2) is 0 Å². The highest BCUT2D eigenvalue weighted by Crippen LogP contribution is 2.35. The Morgan fingerprint density at radius 2 is 1.80 bits per heavy atom. The van der Waals surface area contributed by atoms with Crippen molar-refractivity contribution in [2.45, 2.75) is 32.6 Å². The zero-order chi connectivity index (χ0) is 14.5. The number of phenolic OH excluding ortho intramolecular Hbond substituents is 1. The summed E-state index contributed by atoms with van der Waals surface area (Å²) in [5, 5.41) is 13.4. The number of anilines is 1. The molecule has 0 radical (unpaired) electrons. The fourth-order valence-electron chi connectivity index (χ4n) is 2.52. The minimum absolute atomic E-state index is 0.344. The van der Waals surface area contributed by atoms with Crippen molar-refractivity contribution < 1.29 is 5.11 Å².